The van der Waals surface area contributed by atoms with Crippen molar-refractivity contribution in [2.45, 2.75) is 19.9 Å². The molecule has 0 saturated carbocycles. The Hall–Kier alpha value is -1.39. The number of carbonyl (C=O) groups is 1. The summed E-state index contributed by atoms with van der Waals surface area (Å²) in [4.78, 5) is 16.6. The summed E-state index contributed by atoms with van der Waals surface area (Å²) in [6, 6.07) is 8.51. The van der Waals surface area contributed by atoms with E-state index < -0.39 is 6.04 Å². The number of nitrogens with one attached hydrogen (secondary N) is 1. The van der Waals surface area contributed by atoms with Crippen LogP contribution in [-0.4, -0.2) is 12.5 Å². The van der Waals surface area contributed by atoms with Crippen molar-refractivity contribution in [2.24, 2.45) is 11.7 Å². The van der Waals surface area contributed by atoms with Gasteiger partial charge in [0.2, 0.25) is 0 Å². The first-order valence-electron chi connectivity index (χ1n) is 5.33. The van der Waals surface area contributed by atoms with Crippen molar-refractivity contribution in [1.29, 1.82) is 0 Å². The third-order valence-electron chi connectivity index (χ3n) is 2.03. The van der Waals surface area contributed by atoms with E-state index in [1.165, 1.54) is 0 Å². The molecule has 0 aromatic heterocycles. The van der Waals surface area contributed by atoms with Crippen LogP contribution in [0.5, 0.6) is 0 Å². The normalized spacial score (nSPS) is 12.5. The molecule has 1 rings (SSSR count). The highest BCUT2D eigenvalue weighted by Gasteiger charge is 2.15. The fourth-order valence-corrected chi connectivity index (χ4v) is 1.15. The number of hydrogen-bond acceptors (Lipinski definition) is 3. The van der Waals surface area contributed by atoms with Crippen LogP contribution < -0.4 is 11.2 Å². The van der Waals surface area contributed by atoms with Crippen LogP contribution in [0.15, 0.2) is 30.3 Å². The topological polar surface area (TPSA) is 64.3 Å². The van der Waals surface area contributed by atoms with Crippen LogP contribution in [0.1, 0.15) is 25.5 Å². The van der Waals surface area contributed by atoms with Crippen molar-refractivity contribution < 1.29 is 9.63 Å². The molecular weight excluding hydrogens is 204 g/mol. The van der Waals surface area contributed by atoms with Crippen LogP contribution in [0.3, 0.4) is 0 Å². The Morgan fingerprint density at radius 2 is 2.00 bits per heavy atom. The van der Waals surface area contributed by atoms with Gasteiger partial charge in [-0.3, -0.25) is 9.63 Å². The maximum absolute atomic E-state index is 11.6. The molecule has 1 aromatic carbocycles. The average Bonchev–Trinajstić information content (AvgIpc) is 2.28. The third-order valence-corrected chi connectivity index (χ3v) is 2.03. The van der Waals surface area contributed by atoms with Gasteiger partial charge in [-0.15, -0.1) is 0 Å². The zero-order valence-corrected chi connectivity index (χ0v) is 9.64. The summed E-state index contributed by atoms with van der Waals surface area (Å²) in [5, 5.41) is 0. The third kappa shape index (κ3) is 4.00. The predicted molar refractivity (Wildman–Crippen MR) is 62.3 cm³/mol. The second kappa shape index (κ2) is 6.25. The van der Waals surface area contributed by atoms with Crippen molar-refractivity contribution in [1.82, 2.24) is 5.48 Å². The van der Waals surface area contributed by atoms with Gasteiger partial charge >= 0.3 is 0 Å². The van der Waals surface area contributed by atoms with E-state index in [0.717, 1.165) is 5.56 Å². The zero-order valence-electron chi connectivity index (χ0n) is 9.64. The number of nitrogens with two attached hydrogens (primary N) is 1. The molecule has 88 valence electrons. The molecule has 0 fully saturated rings. The van der Waals surface area contributed by atoms with Gasteiger partial charge < -0.3 is 5.73 Å². The van der Waals surface area contributed by atoms with Crippen molar-refractivity contribution in [3.05, 3.63) is 35.9 Å². The minimum atomic E-state index is -0.687. The van der Waals surface area contributed by atoms with Crippen LogP contribution in [0.2, 0.25) is 0 Å². The largest absolute Gasteiger partial charge is 0.316 e. The quantitative estimate of drug-likeness (QED) is 0.740. The van der Waals surface area contributed by atoms with Gasteiger partial charge in [-0.1, -0.05) is 44.2 Å². The first kappa shape index (κ1) is 12.7. The molecule has 0 saturated heterocycles. The SMILES string of the molecule is CC(C)CONC(=O)[C@H](N)c1ccccc1. The van der Waals surface area contributed by atoms with Gasteiger partial charge in [-0.2, -0.15) is 0 Å². The van der Waals surface area contributed by atoms with E-state index in [1.54, 1.807) is 0 Å². The molecule has 0 unspecified atom stereocenters. The van der Waals surface area contributed by atoms with Crippen LogP contribution >= 0.6 is 0 Å². The highest BCUT2D eigenvalue weighted by Crippen LogP contribution is 2.09. The van der Waals surface area contributed by atoms with Crippen LogP contribution in [0.4, 0.5) is 0 Å². The summed E-state index contributed by atoms with van der Waals surface area (Å²) in [5.74, 6) is 0.0418. The molecule has 1 atom stereocenters. The molecule has 0 radical (unpaired) electrons. The maximum Gasteiger partial charge on any atom is 0.265 e. The Labute approximate surface area is 95.7 Å². The first-order chi connectivity index (χ1) is 7.61. The lowest BCUT2D eigenvalue weighted by Crippen LogP contribution is -2.34. The second-order valence-electron chi connectivity index (χ2n) is 4.06. The fourth-order valence-electron chi connectivity index (χ4n) is 1.15. The van der Waals surface area contributed by atoms with Gasteiger partial charge in [0.1, 0.15) is 6.04 Å². The Morgan fingerprint density at radius 1 is 1.38 bits per heavy atom. The summed E-state index contributed by atoms with van der Waals surface area (Å²) in [6.45, 7) is 4.49. The molecule has 0 heterocycles. The van der Waals surface area contributed by atoms with E-state index in [0.29, 0.717) is 12.5 Å². The van der Waals surface area contributed by atoms with Gasteiger partial charge in [0, 0.05) is 0 Å². The molecule has 0 bridgehead atoms. The van der Waals surface area contributed by atoms with Gasteiger partial charge in [-0.25, -0.2) is 5.48 Å². The minimum absolute atomic E-state index is 0.327. The molecular formula is C12H18N2O2. The Morgan fingerprint density at radius 3 is 2.56 bits per heavy atom. The fraction of sp³-hybridized carbons (Fsp3) is 0.417. The first-order valence-corrected chi connectivity index (χ1v) is 5.33. The second-order valence-corrected chi connectivity index (χ2v) is 4.06. The van der Waals surface area contributed by atoms with E-state index in [-0.39, 0.29) is 5.91 Å². The van der Waals surface area contributed by atoms with Crippen LogP contribution in [0, 0.1) is 5.92 Å². The lowest BCUT2D eigenvalue weighted by Gasteiger charge is -2.13. The van der Waals surface area contributed by atoms with Gasteiger partial charge in [-0.05, 0) is 11.5 Å². The van der Waals surface area contributed by atoms with Gasteiger partial charge in [0.15, 0.2) is 0 Å². The maximum atomic E-state index is 11.6. The molecule has 0 aliphatic rings. The van der Waals surface area contributed by atoms with E-state index in [4.69, 9.17) is 10.6 Å². The Bertz CT molecular complexity index is 325. The van der Waals surface area contributed by atoms with E-state index in [1.807, 2.05) is 44.2 Å². The number of benzene rings is 1. The predicted octanol–water partition coefficient (Wildman–Crippen LogP) is 1.39. The molecule has 0 aliphatic heterocycles. The Balaban J connectivity index is 2.43. The average molecular weight is 222 g/mol. The molecule has 1 amide bonds. The smallest absolute Gasteiger partial charge is 0.265 e. The number of carbonyl (C=O) groups excluding carboxylic acids is 1. The Kier molecular flexibility index (Phi) is 4.95. The number of amides is 1. The van der Waals surface area contributed by atoms with Crippen molar-refractivity contribution in [3.8, 4) is 0 Å². The summed E-state index contributed by atoms with van der Waals surface area (Å²) >= 11 is 0. The van der Waals surface area contributed by atoms with Crippen LogP contribution in [0.25, 0.3) is 0 Å². The summed E-state index contributed by atoms with van der Waals surface area (Å²) in [5.41, 5.74) is 8.88. The molecule has 1 aromatic rings. The summed E-state index contributed by atoms with van der Waals surface area (Å²) in [6.07, 6.45) is 0. The summed E-state index contributed by atoms with van der Waals surface area (Å²) in [7, 11) is 0. The van der Waals surface area contributed by atoms with Crippen molar-refractivity contribution in [2.75, 3.05) is 6.61 Å². The summed E-state index contributed by atoms with van der Waals surface area (Å²) < 4.78 is 0. The molecule has 3 N–H and O–H groups in total. The lowest BCUT2D eigenvalue weighted by atomic mass is 10.1. The number of rotatable bonds is 5. The van der Waals surface area contributed by atoms with Crippen molar-refractivity contribution in [3.63, 3.8) is 0 Å². The molecule has 4 nitrogen and oxygen atoms in total. The van der Waals surface area contributed by atoms with Gasteiger partial charge in [0.25, 0.3) is 5.91 Å². The number of hydroxylamine groups is 1. The minimum Gasteiger partial charge on any atom is -0.316 e. The number of hydrogen-bond donors (Lipinski definition) is 2. The monoisotopic (exact) mass is 222 g/mol. The molecule has 0 aliphatic carbocycles. The standard InChI is InChI=1S/C12H18N2O2/c1-9(2)8-16-14-12(15)11(13)10-6-4-3-5-7-10/h3-7,9,11H,8,13H2,1-2H3,(H,14,15)/t11-/m1/s1. The highest BCUT2D eigenvalue weighted by molar-refractivity contribution is 5.81. The van der Waals surface area contributed by atoms with Crippen LogP contribution in [-0.2, 0) is 9.63 Å². The van der Waals surface area contributed by atoms with Crippen molar-refractivity contribution >= 4 is 5.91 Å². The molecule has 0 spiro atoms. The van der Waals surface area contributed by atoms with Gasteiger partial charge in [0.05, 0.1) is 6.61 Å². The lowest BCUT2D eigenvalue weighted by molar-refractivity contribution is -0.135. The highest BCUT2D eigenvalue weighted by atomic mass is 16.7. The zero-order chi connectivity index (χ0) is 12.0. The van der Waals surface area contributed by atoms with E-state index in [9.17, 15) is 4.79 Å². The molecule has 16 heavy (non-hydrogen) atoms. The van der Waals surface area contributed by atoms with E-state index >= 15 is 0 Å². The van der Waals surface area contributed by atoms with E-state index in [2.05, 4.69) is 5.48 Å². The molecule has 4 heteroatoms.